The average Bonchev–Trinajstić information content (AvgIpc) is 2.79. The molecular formula is C17H14BrFS. The molecule has 1 heterocycles. The number of halogens is 2. The quantitative estimate of drug-likeness (QED) is 0.487. The van der Waals surface area contributed by atoms with Crippen LogP contribution in [0.15, 0.2) is 42.5 Å². The number of thiophene rings is 1. The number of benzene rings is 2. The lowest BCUT2D eigenvalue weighted by Crippen LogP contribution is -1.93. The summed E-state index contributed by atoms with van der Waals surface area (Å²) < 4.78 is 13.9. The Labute approximate surface area is 130 Å². The molecule has 0 aliphatic carbocycles. The molecule has 0 bridgehead atoms. The van der Waals surface area contributed by atoms with Crippen molar-refractivity contribution in [3.63, 3.8) is 0 Å². The van der Waals surface area contributed by atoms with Crippen molar-refractivity contribution < 1.29 is 4.39 Å². The van der Waals surface area contributed by atoms with E-state index < -0.39 is 0 Å². The van der Waals surface area contributed by atoms with Crippen LogP contribution in [0.3, 0.4) is 0 Å². The Kier molecular flexibility index (Phi) is 3.65. The number of hydrogen-bond donors (Lipinski definition) is 0. The zero-order valence-corrected chi connectivity index (χ0v) is 13.7. The molecule has 0 spiro atoms. The second kappa shape index (κ2) is 5.30. The first-order valence-corrected chi connectivity index (χ1v) is 8.19. The van der Waals surface area contributed by atoms with Crippen molar-refractivity contribution in [1.29, 1.82) is 0 Å². The lowest BCUT2D eigenvalue weighted by molar-refractivity contribution is 0.639. The molecular weight excluding hydrogens is 335 g/mol. The molecule has 3 heteroatoms. The molecule has 0 fully saturated rings. The highest BCUT2D eigenvalue weighted by Crippen LogP contribution is 2.40. The van der Waals surface area contributed by atoms with Crippen LogP contribution < -0.4 is 0 Å². The van der Waals surface area contributed by atoms with Crippen LogP contribution in [0, 0.1) is 19.7 Å². The molecule has 0 saturated carbocycles. The van der Waals surface area contributed by atoms with Crippen molar-refractivity contribution >= 4 is 38.0 Å². The lowest BCUT2D eigenvalue weighted by Gasteiger charge is -2.12. The first kappa shape index (κ1) is 13.8. The molecule has 0 N–H and O–H groups in total. The third-order valence-corrected chi connectivity index (χ3v) is 6.12. The van der Waals surface area contributed by atoms with E-state index in [1.807, 2.05) is 30.3 Å². The van der Waals surface area contributed by atoms with Gasteiger partial charge in [-0.25, -0.2) is 4.39 Å². The van der Waals surface area contributed by atoms with Gasteiger partial charge in [0.15, 0.2) is 0 Å². The van der Waals surface area contributed by atoms with Crippen LogP contribution in [0.1, 0.15) is 25.7 Å². The summed E-state index contributed by atoms with van der Waals surface area (Å²) >= 11 is 5.56. The van der Waals surface area contributed by atoms with Crippen LogP contribution in [0.4, 0.5) is 4.39 Å². The highest BCUT2D eigenvalue weighted by Gasteiger charge is 2.17. The van der Waals surface area contributed by atoms with E-state index in [4.69, 9.17) is 0 Å². The van der Waals surface area contributed by atoms with E-state index in [9.17, 15) is 4.39 Å². The molecule has 0 nitrogen and oxygen atoms in total. The highest BCUT2D eigenvalue weighted by atomic mass is 79.9. The van der Waals surface area contributed by atoms with Gasteiger partial charge in [0.05, 0.1) is 4.83 Å². The topological polar surface area (TPSA) is 0 Å². The molecule has 0 aliphatic heterocycles. The molecule has 3 aromatic rings. The van der Waals surface area contributed by atoms with Crippen LogP contribution in [0.5, 0.6) is 0 Å². The molecule has 2 aromatic carbocycles. The minimum atomic E-state index is -0.164. The fraction of sp³-hybridized carbons (Fsp3) is 0.176. The van der Waals surface area contributed by atoms with Crippen molar-refractivity contribution in [2.45, 2.75) is 18.7 Å². The van der Waals surface area contributed by atoms with Gasteiger partial charge in [0, 0.05) is 15.1 Å². The largest absolute Gasteiger partial charge is 0.206 e. The van der Waals surface area contributed by atoms with E-state index in [2.05, 4.69) is 35.8 Å². The number of rotatable bonds is 2. The molecule has 0 amide bonds. The predicted octanol–water partition coefficient (Wildman–Crippen LogP) is 6.14. The summed E-state index contributed by atoms with van der Waals surface area (Å²) in [7, 11) is 0. The Morgan fingerprint density at radius 2 is 1.75 bits per heavy atom. The van der Waals surface area contributed by atoms with Gasteiger partial charge in [-0.05, 0) is 42.5 Å². The molecule has 1 unspecified atom stereocenters. The molecule has 0 saturated heterocycles. The molecule has 20 heavy (non-hydrogen) atoms. The maximum Gasteiger partial charge on any atom is 0.131 e. The van der Waals surface area contributed by atoms with Gasteiger partial charge in [-0.1, -0.05) is 46.3 Å². The Balaban J connectivity index is 2.17. The number of alkyl halides is 1. The summed E-state index contributed by atoms with van der Waals surface area (Å²) in [5.74, 6) is -0.164. The Morgan fingerprint density at radius 1 is 1.05 bits per heavy atom. The Hall–Kier alpha value is -1.19. The number of hydrogen-bond acceptors (Lipinski definition) is 1. The van der Waals surface area contributed by atoms with Gasteiger partial charge in [-0.2, -0.15) is 0 Å². The number of aryl methyl sites for hydroxylation is 2. The van der Waals surface area contributed by atoms with Crippen LogP contribution in [0.2, 0.25) is 0 Å². The van der Waals surface area contributed by atoms with Gasteiger partial charge >= 0.3 is 0 Å². The molecule has 3 rings (SSSR count). The maximum absolute atomic E-state index is 13.9. The van der Waals surface area contributed by atoms with Crippen molar-refractivity contribution in [3.05, 3.63) is 69.2 Å². The van der Waals surface area contributed by atoms with E-state index >= 15 is 0 Å². The Bertz CT molecular complexity index is 756. The summed E-state index contributed by atoms with van der Waals surface area (Å²) in [6, 6.07) is 13.3. The Morgan fingerprint density at radius 3 is 2.40 bits per heavy atom. The summed E-state index contributed by atoms with van der Waals surface area (Å²) in [5, 5.41) is 1.65. The van der Waals surface area contributed by atoms with E-state index in [0.717, 1.165) is 10.9 Å². The normalized spacial score (nSPS) is 12.8. The van der Waals surface area contributed by atoms with Crippen molar-refractivity contribution in [2.75, 3.05) is 0 Å². The average molecular weight is 349 g/mol. The summed E-state index contributed by atoms with van der Waals surface area (Å²) in [4.78, 5) is 2.69. The first-order valence-electron chi connectivity index (χ1n) is 6.46. The fourth-order valence-corrected chi connectivity index (χ4v) is 4.24. The van der Waals surface area contributed by atoms with E-state index in [1.54, 1.807) is 17.4 Å². The molecule has 1 atom stereocenters. The molecule has 0 radical (unpaired) electrons. The summed E-state index contributed by atoms with van der Waals surface area (Å²) in [5.41, 5.74) is 2.42. The van der Waals surface area contributed by atoms with Crippen LogP contribution in [0.25, 0.3) is 10.8 Å². The monoisotopic (exact) mass is 348 g/mol. The molecule has 1 aromatic heterocycles. The molecule has 102 valence electrons. The van der Waals surface area contributed by atoms with Crippen molar-refractivity contribution in [1.82, 2.24) is 0 Å². The highest BCUT2D eigenvalue weighted by molar-refractivity contribution is 9.09. The zero-order valence-electron chi connectivity index (χ0n) is 11.3. The van der Waals surface area contributed by atoms with Gasteiger partial charge in [-0.15, -0.1) is 11.3 Å². The maximum atomic E-state index is 13.9. The van der Waals surface area contributed by atoms with Gasteiger partial charge in [0.1, 0.15) is 5.82 Å². The summed E-state index contributed by atoms with van der Waals surface area (Å²) in [6.07, 6.45) is 0. The van der Waals surface area contributed by atoms with Gasteiger partial charge in [0.2, 0.25) is 0 Å². The zero-order chi connectivity index (χ0) is 14.3. The van der Waals surface area contributed by atoms with Crippen LogP contribution >= 0.6 is 27.3 Å². The van der Waals surface area contributed by atoms with Gasteiger partial charge in [-0.3, -0.25) is 0 Å². The van der Waals surface area contributed by atoms with Crippen LogP contribution in [-0.4, -0.2) is 0 Å². The SMILES string of the molecule is Cc1cc(C(Br)c2ccc(F)c3ccccc23)sc1C. The second-order valence-electron chi connectivity index (χ2n) is 4.93. The fourth-order valence-electron chi connectivity index (χ4n) is 2.39. The van der Waals surface area contributed by atoms with Crippen LogP contribution in [-0.2, 0) is 0 Å². The minimum Gasteiger partial charge on any atom is -0.206 e. The minimum absolute atomic E-state index is 0.102. The van der Waals surface area contributed by atoms with Gasteiger partial charge < -0.3 is 0 Å². The number of fused-ring (bicyclic) bond motifs is 1. The summed E-state index contributed by atoms with van der Waals surface area (Å²) in [6.45, 7) is 4.25. The van der Waals surface area contributed by atoms with E-state index in [0.29, 0.717) is 5.39 Å². The lowest BCUT2D eigenvalue weighted by atomic mass is 10.0. The predicted molar refractivity (Wildman–Crippen MR) is 88.5 cm³/mol. The van der Waals surface area contributed by atoms with Crippen molar-refractivity contribution in [3.8, 4) is 0 Å². The van der Waals surface area contributed by atoms with E-state index in [1.165, 1.54) is 15.3 Å². The standard InChI is InChI=1S/C17H14BrFS/c1-10-9-16(20-11(10)2)17(18)14-7-8-15(19)13-6-4-3-5-12(13)14/h3-9,17H,1-2H3. The smallest absolute Gasteiger partial charge is 0.131 e. The third kappa shape index (κ3) is 2.29. The van der Waals surface area contributed by atoms with Crippen molar-refractivity contribution in [2.24, 2.45) is 0 Å². The second-order valence-corrected chi connectivity index (χ2v) is 7.14. The van der Waals surface area contributed by atoms with Gasteiger partial charge in [0.25, 0.3) is 0 Å². The molecule has 0 aliphatic rings. The third-order valence-electron chi connectivity index (χ3n) is 3.61. The first-order chi connectivity index (χ1) is 9.58. The van der Waals surface area contributed by atoms with E-state index in [-0.39, 0.29) is 10.6 Å².